The van der Waals surface area contributed by atoms with Crippen molar-refractivity contribution in [1.82, 2.24) is 4.98 Å². The van der Waals surface area contributed by atoms with Gasteiger partial charge in [-0.2, -0.15) is 0 Å². The molecule has 8 heteroatoms. The fraction of sp³-hybridized carbons (Fsp3) is 0.0476. The van der Waals surface area contributed by atoms with E-state index in [9.17, 15) is 14.4 Å². The molecule has 1 aliphatic rings. The van der Waals surface area contributed by atoms with Crippen molar-refractivity contribution < 1.29 is 14.4 Å². The molecule has 0 saturated carbocycles. The highest BCUT2D eigenvalue weighted by atomic mass is 35.5. The molecule has 1 aliphatic heterocycles. The number of para-hydroxylation sites is 2. The monoisotopic (exact) mass is 406 g/mol. The normalized spacial score (nSPS) is 12.7. The molecule has 144 valence electrons. The zero-order chi connectivity index (χ0) is 20.4. The third kappa shape index (κ3) is 3.95. The number of pyridine rings is 1. The van der Waals surface area contributed by atoms with Crippen molar-refractivity contribution in [2.75, 3.05) is 22.1 Å². The Morgan fingerprint density at radius 1 is 1.07 bits per heavy atom. The van der Waals surface area contributed by atoms with Crippen molar-refractivity contribution in [2.24, 2.45) is 0 Å². The number of nitrogens with zero attached hydrogens (tertiary/aromatic N) is 2. The largest absolute Gasteiger partial charge is 0.323 e. The topological polar surface area (TPSA) is 91.4 Å². The fourth-order valence-corrected chi connectivity index (χ4v) is 3.15. The van der Waals surface area contributed by atoms with Crippen LogP contribution in [-0.2, 0) is 4.79 Å². The summed E-state index contributed by atoms with van der Waals surface area (Å²) in [5.41, 5.74) is 2.32. The Morgan fingerprint density at radius 3 is 2.59 bits per heavy atom. The minimum atomic E-state index is -0.409. The van der Waals surface area contributed by atoms with Crippen molar-refractivity contribution in [3.63, 3.8) is 0 Å². The Balaban J connectivity index is 1.52. The summed E-state index contributed by atoms with van der Waals surface area (Å²) in [4.78, 5) is 42.5. The van der Waals surface area contributed by atoms with E-state index >= 15 is 0 Å². The minimum absolute atomic E-state index is 0.0607. The highest BCUT2D eigenvalue weighted by Gasteiger charge is 2.27. The first-order valence-electron chi connectivity index (χ1n) is 8.75. The fourth-order valence-electron chi connectivity index (χ4n) is 2.99. The van der Waals surface area contributed by atoms with Gasteiger partial charge >= 0.3 is 0 Å². The van der Waals surface area contributed by atoms with Gasteiger partial charge in [0.25, 0.3) is 11.8 Å². The van der Waals surface area contributed by atoms with E-state index in [1.807, 2.05) is 0 Å². The molecule has 0 atom stereocenters. The van der Waals surface area contributed by atoms with Crippen LogP contribution in [0, 0.1) is 0 Å². The van der Waals surface area contributed by atoms with Gasteiger partial charge in [0.2, 0.25) is 5.91 Å². The lowest BCUT2D eigenvalue weighted by Gasteiger charge is -2.29. The molecular formula is C21H15ClN4O3. The molecule has 2 aromatic carbocycles. The van der Waals surface area contributed by atoms with Gasteiger partial charge in [-0.05, 0) is 48.5 Å². The number of carbonyl (C=O) groups excluding carboxylic acids is 3. The maximum atomic E-state index is 12.9. The Kier molecular flexibility index (Phi) is 4.97. The number of rotatable bonds is 3. The molecule has 29 heavy (non-hydrogen) atoms. The Hall–Kier alpha value is -3.71. The van der Waals surface area contributed by atoms with Crippen molar-refractivity contribution in [1.29, 1.82) is 0 Å². The molecule has 0 spiro atoms. The molecule has 0 aliphatic carbocycles. The van der Waals surface area contributed by atoms with E-state index in [-0.39, 0.29) is 24.1 Å². The van der Waals surface area contributed by atoms with Crippen LogP contribution in [0.3, 0.4) is 0 Å². The average molecular weight is 407 g/mol. The smallest absolute Gasteiger partial charge is 0.274 e. The zero-order valence-electron chi connectivity index (χ0n) is 15.1. The second-order valence-corrected chi connectivity index (χ2v) is 6.78. The van der Waals surface area contributed by atoms with Gasteiger partial charge in [-0.1, -0.05) is 23.7 Å². The van der Waals surface area contributed by atoms with Crippen LogP contribution in [0.2, 0.25) is 5.02 Å². The Labute approximate surface area is 171 Å². The predicted octanol–water partition coefficient (Wildman–Crippen LogP) is 3.59. The molecule has 1 aromatic heterocycles. The van der Waals surface area contributed by atoms with Crippen LogP contribution in [0.1, 0.15) is 20.8 Å². The van der Waals surface area contributed by atoms with E-state index in [1.165, 1.54) is 17.2 Å². The third-order valence-electron chi connectivity index (χ3n) is 4.36. The number of benzene rings is 2. The highest BCUT2D eigenvalue weighted by molar-refractivity contribution is 6.31. The number of nitrogens with one attached hydrogen (secondary N) is 2. The van der Waals surface area contributed by atoms with E-state index in [0.29, 0.717) is 27.6 Å². The average Bonchev–Trinajstić information content (AvgIpc) is 2.73. The quantitative estimate of drug-likeness (QED) is 0.695. The summed E-state index contributed by atoms with van der Waals surface area (Å²) in [6.45, 7) is -0.0607. The molecular weight excluding hydrogens is 392 g/mol. The molecule has 2 heterocycles. The van der Waals surface area contributed by atoms with Crippen molar-refractivity contribution in [3.8, 4) is 0 Å². The number of fused-ring (bicyclic) bond motifs is 1. The number of aromatic nitrogens is 1. The first kappa shape index (κ1) is 18.6. The summed E-state index contributed by atoms with van der Waals surface area (Å²) in [6, 6.07) is 16.6. The van der Waals surface area contributed by atoms with Gasteiger partial charge in [0.1, 0.15) is 12.2 Å². The Morgan fingerprint density at radius 2 is 1.83 bits per heavy atom. The van der Waals surface area contributed by atoms with E-state index in [4.69, 9.17) is 11.6 Å². The van der Waals surface area contributed by atoms with Crippen LogP contribution in [0.5, 0.6) is 0 Å². The molecule has 0 fully saturated rings. The van der Waals surface area contributed by atoms with Crippen LogP contribution in [-0.4, -0.2) is 29.3 Å². The summed E-state index contributed by atoms with van der Waals surface area (Å²) in [5.74, 6) is -0.968. The number of anilines is 3. The number of halogens is 1. The van der Waals surface area contributed by atoms with Gasteiger partial charge in [0, 0.05) is 22.5 Å². The van der Waals surface area contributed by atoms with Gasteiger partial charge in [0.05, 0.1) is 11.4 Å². The molecule has 7 nitrogen and oxygen atoms in total. The van der Waals surface area contributed by atoms with Crippen LogP contribution >= 0.6 is 11.6 Å². The summed E-state index contributed by atoms with van der Waals surface area (Å²) < 4.78 is 0. The molecule has 3 aromatic rings. The number of hydrogen-bond acceptors (Lipinski definition) is 4. The highest BCUT2D eigenvalue weighted by Crippen LogP contribution is 2.30. The van der Waals surface area contributed by atoms with Crippen molar-refractivity contribution in [2.45, 2.75) is 0 Å². The van der Waals surface area contributed by atoms with Gasteiger partial charge < -0.3 is 10.6 Å². The summed E-state index contributed by atoms with van der Waals surface area (Å²) in [7, 11) is 0. The second kappa shape index (κ2) is 7.73. The number of hydrogen-bond donors (Lipinski definition) is 2. The van der Waals surface area contributed by atoms with E-state index in [1.54, 1.807) is 54.6 Å². The summed E-state index contributed by atoms with van der Waals surface area (Å²) >= 11 is 5.88. The van der Waals surface area contributed by atoms with Gasteiger partial charge in [0.15, 0.2) is 0 Å². The molecule has 0 saturated heterocycles. The van der Waals surface area contributed by atoms with Gasteiger partial charge in [-0.3, -0.25) is 24.3 Å². The molecule has 3 amide bonds. The summed E-state index contributed by atoms with van der Waals surface area (Å²) in [6.07, 6.45) is 1.45. The lowest BCUT2D eigenvalue weighted by atomic mass is 10.1. The molecule has 2 N–H and O–H groups in total. The van der Waals surface area contributed by atoms with Crippen molar-refractivity contribution in [3.05, 3.63) is 83.1 Å². The first-order valence-corrected chi connectivity index (χ1v) is 9.13. The first-order chi connectivity index (χ1) is 14.0. The molecule has 0 unspecified atom stereocenters. The molecule has 0 radical (unpaired) electrons. The maximum Gasteiger partial charge on any atom is 0.274 e. The summed E-state index contributed by atoms with van der Waals surface area (Å²) in [5, 5.41) is 5.87. The van der Waals surface area contributed by atoms with Crippen LogP contribution in [0.4, 0.5) is 17.1 Å². The number of amides is 3. The van der Waals surface area contributed by atoms with Gasteiger partial charge in [-0.25, -0.2) is 0 Å². The van der Waals surface area contributed by atoms with Crippen LogP contribution in [0.25, 0.3) is 0 Å². The van der Waals surface area contributed by atoms with Gasteiger partial charge in [-0.15, -0.1) is 0 Å². The number of carbonyl (C=O) groups is 3. The Bertz CT molecular complexity index is 1110. The van der Waals surface area contributed by atoms with Crippen LogP contribution in [0.15, 0.2) is 66.9 Å². The standard InChI is InChI=1S/C21H15ClN4O3/c22-14-9-10-23-17(11-14)20(28)24-15-7-5-13(6-8-15)21(29)26-12-19(27)25-16-3-1-2-4-18(16)26/h1-11H,12H2,(H,24,28)(H,25,27). The second-order valence-electron chi connectivity index (χ2n) is 6.35. The molecule has 4 rings (SSSR count). The van der Waals surface area contributed by atoms with E-state index < -0.39 is 5.91 Å². The predicted molar refractivity (Wildman–Crippen MR) is 110 cm³/mol. The van der Waals surface area contributed by atoms with E-state index in [2.05, 4.69) is 15.6 Å². The SMILES string of the molecule is O=C1CN(C(=O)c2ccc(NC(=O)c3cc(Cl)ccn3)cc2)c2ccccc2N1. The van der Waals surface area contributed by atoms with E-state index in [0.717, 1.165) is 0 Å². The third-order valence-corrected chi connectivity index (χ3v) is 4.60. The maximum absolute atomic E-state index is 12.9. The lowest BCUT2D eigenvalue weighted by molar-refractivity contribution is -0.115. The van der Waals surface area contributed by atoms with Crippen molar-refractivity contribution >= 4 is 46.4 Å². The zero-order valence-corrected chi connectivity index (χ0v) is 15.8. The molecule has 0 bridgehead atoms. The lowest BCUT2D eigenvalue weighted by Crippen LogP contribution is -2.42. The van der Waals surface area contributed by atoms with Crippen LogP contribution < -0.4 is 15.5 Å². The minimum Gasteiger partial charge on any atom is -0.323 e.